The molecule has 26 heavy (non-hydrogen) atoms. The van der Waals surface area contributed by atoms with Gasteiger partial charge in [-0.05, 0) is 44.4 Å². The zero-order valence-electron chi connectivity index (χ0n) is 15.0. The van der Waals surface area contributed by atoms with Gasteiger partial charge in [-0.15, -0.1) is 0 Å². The Labute approximate surface area is 153 Å². The predicted molar refractivity (Wildman–Crippen MR) is 97.5 cm³/mol. The Kier molecular flexibility index (Phi) is 7.72. The fourth-order valence-corrected chi connectivity index (χ4v) is 3.31. The van der Waals surface area contributed by atoms with Crippen LogP contribution in [0.5, 0.6) is 0 Å². The van der Waals surface area contributed by atoms with E-state index in [1.165, 1.54) is 0 Å². The van der Waals surface area contributed by atoms with E-state index in [-0.39, 0.29) is 18.9 Å². The molecule has 0 aliphatic carbocycles. The minimum atomic E-state index is -4.23. The number of hydrogen-bond acceptors (Lipinski definition) is 6. The summed E-state index contributed by atoms with van der Waals surface area (Å²) in [6.07, 6.45) is 2.64. The van der Waals surface area contributed by atoms with E-state index in [4.69, 9.17) is 4.52 Å². The third-order valence-electron chi connectivity index (χ3n) is 3.49. The highest BCUT2D eigenvalue weighted by atomic mass is 31.2. The lowest BCUT2D eigenvalue weighted by Gasteiger charge is -2.24. The first-order chi connectivity index (χ1) is 12.4. The van der Waals surface area contributed by atoms with Gasteiger partial charge in [0.05, 0.1) is 24.6 Å². The molecule has 1 N–H and O–H groups in total. The molecule has 0 fully saturated rings. The van der Waals surface area contributed by atoms with Crippen molar-refractivity contribution in [2.45, 2.75) is 39.2 Å². The van der Waals surface area contributed by atoms with E-state index in [1.807, 2.05) is 30.3 Å². The van der Waals surface area contributed by atoms with Gasteiger partial charge in [-0.25, -0.2) is 0 Å². The Bertz CT molecular complexity index is 781. The molecule has 1 aromatic carbocycles. The summed E-state index contributed by atoms with van der Waals surface area (Å²) < 4.78 is 20.8. The third kappa shape index (κ3) is 7.22. The van der Waals surface area contributed by atoms with Gasteiger partial charge in [0, 0.05) is 18.1 Å². The van der Waals surface area contributed by atoms with Crippen LogP contribution in [0.15, 0.2) is 36.5 Å². The van der Waals surface area contributed by atoms with Crippen LogP contribution in [0.1, 0.15) is 32.3 Å². The Hall–Kier alpha value is -1.79. The minimum absolute atomic E-state index is 0.0396. The number of pyridine rings is 1. The van der Waals surface area contributed by atoms with Crippen LogP contribution >= 0.6 is 7.82 Å². The van der Waals surface area contributed by atoms with Crippen molar-refractivity contribution < 1.29 is 23.3 Å². The second-order valence-electron chi connectivity index (χ2n) is 6.20. The number of nitrogens with one attached hydrogen (secondary N) is 1. The summed E-state index contributed by atoms with van der Waals surface area (Å²) in [5, 5.41) is 3.81. The quantitative estimate of drug-likeness (QED) is 0.503. The molecule has 0 aliphatic heterocycles. The maximum absolute atomic E-state index is 12.0. The monoisotopic (exact) mass is 379 g/mol. The maximum atomic E-state index is 12.0. The van der Waals surface area contributed by atoms with Gasteiger partial charge in [0.15, 0.2) is 0 Å². The first kappa shape index (κ1) is 20.5. The summed E-state index contributed by atoms with van der Waals surface area (Å²) in [5.74, 6) is -0.0966. The molecule has 1 unspecified atom stereocenters. The van der Waals surface area contributed by atoms with Crippen molar-refractivity contribution in [1.82, 2.24) is 10.3 Å². The molecule has 1 aromatic heterocycles. The van der Waals surface area contributed by atoms with Gasteiger partial charge < -0.3 is 19.3 Å². The molecule has 1 heterocycles. The van der Waals surface area contributed by atoms with Crippen molar-refractivity contribution in [2.24, 2.45) is 0 Å². The number of phosphoric acid groups is 1. The molecule has 0 saturated heterocycles. The number of fused-ring (bicyclic) bond motifs is 1. The average molecular weight is 379 g/mol. The first-order valence-corrected chi connectivity index (χ1v) is 10.1. The van der Waals surface area contributed by atoms with Crippen LogP contribution in [-0.2, 0) is 24.8 Å². The molecule has 0 radical (unpaired) electrons. The Balaban J connectivity index is 1.65. The number of hydrogen-bond donors (Lipinski definition) is 1. The first-order valence-electron chi connectivity index (χ1n) is 8.60. The Morgan fingerprint density at radius 3 is 2.85 bits per heavy atom. The van der Waals surface area contributed by atoms with E-state index >= 15 is 0 Å². The van der Waals surface area contributed by atoms with Crippen LogP contribution in [0.25, 0.3) is 10.9 Å². The number of benzene rings is 1. The summed E-state index contributed by atoms with van der Waals surface area (Å²) in [5.41, 5.74) is 1.75. The summed E-state index contributed by atoms with van der Waals surface area (Å²) >= 11 is 0. The fourth-order valence-electron chi connectivity index (χ4n) is 2.38. The van der Waals surface area contributed by atoms with Crippen molar-refractivity contribution in [3.63, 3.8) is 0 Å². The van der Waals surface area contributed by atoms with Gasteiger partial charge in [0.2, 0.25) is 5.91 Å². The number of carbonyl (C=O) groups is 1. The zero-order chi connectivity index (χ0) is 19.0. The number of para-hydroxylation sites is 1. The van der Waals surface area contributed by atoms with E-state index in [0.29, 0.717) is 19.4 Å². The van der Waals surface area contributed by atoms with Crippen molar-refractivity contribution in [2.75, 3.05) is 13.2 Å². The van der Waals surface area contributed by atoms with Crippen LogP contribution in [0.4, 0.5) is 0 Å². The smallest absolute Gasteiger partial charge is 0.268 e. The standard InChI is InChI=1S/C18H25N2O5P/c1-14(2)25-26(22,23)24-10-6-5-9-19-18(21)12-15-11-16-7-3-4-8-17(16)20-13-15/h3-4,7-8,11,13-14H,5-6,9-10,12H2,1-2H3,(H,19,21)(H,22,23)/p-1. The normalized spacial score (nSPS) is 13.7. The fraction of sp³-hybridized carbons (Fsp3) is 0.444. The number of aromatic nitrogens is 1. The lowest BCUT2D eigenvalue weighted by atomic mass is 10.1. The second-order valence-corrected chi connectivity index (χ2v) is 7.57. The van der Waals surface area contributed by atoms with E-state index in [1.54, 1.807) is 20.0 Å². The third-order valence-corrected chi connectivity index (χ3v) is 4.67. The maximum Gasteiger partial charge on any atom is 0.268 e. The lowest BCUT2D eigenvalue weighted by Crippen LogP contribution is -2.26. The predicted octanol–water partition coefficient (Wildman–Crippen LogP) is 2.58. The molecule has 2 aromatic rings. The number of nitrogens with zero attached hydrogens (tertiary/aromatic N) is 1. The number of rotatable bonds is 10. The number of phosphoric ester groups is 1. The molecule has 1 amide bonds. The van der Waals surface area contributed by atoms with Crippen LogP contribution in [0, 0.1) is 0 Å². The topological polar surface area (TPSA) is 101 Å². The van der Waals surface area contributed by atoms with Crippen LogP contribution in [-0.4, -0.2) is 30.1 Å². The van der Waals surface area contributed by atoms with Crippen molar-refractivity contribution >= 4 is 24.6 Å². The molecule has 1 atom stereocenters. The molecule has 142 valence electrons. The molecule has 8 heteroatoms. The van der Waals surface area contributed by atoms with Crippen molar-refractivity contribution in [3.05, 3.63) is 42.1 Å². The van der Waals surface area contributed by atoms with Crippen LogP contribution < -0.4 is 10.2 Å². The summed E-state index contributed by atoms with van der Waals surface area (Å²) in [6.45, 7) is 3.73. The van der Waals surface area contributed by atoms with Gasteiger partial charge in [0.25, 0.3) is 7.82 Å². The molecular weight excluding hydrogens is 355 g/mol. The van der Waals surface area contributed by atoms with E-state index in [2.05, 4.69) is 14.8 Å². The highest BCUT2D eigenvalue weighted by Crippen LogP contribution is 2.39. The summed E-state index contributed by atoms with van der Waals surface area (Å²) in [4.78, 5) is 27.7. The molecule has 0 aliphatic rings. The van der Waals surface area contributed by atoms with Gasteiger partial charge in [-0.1, -0.05) is 18.2 Å². The lowest BCUT2D eigenvalue weighted by molar-refractivity contribution is -0.228. The molecular formula is C18H24N2O5P-. The molecule has 0 spiro atoms. The molecule has 2 rings (SSSR count). The number of carbonyl (C=O) groups excluding carboxylic acids is 1. The molecule has 0 saturated carbocycles. The molecule has 0 bridgehead atoms. The summed E-state index contributed by atoms with van der Waals surface area (Å²) in [6, 6.07) is 9.70. The van der Waals surface area contributed by atoms with Gasteiger partial charge >= 0.3 is 0 Å². The average Bonchev–Trinajstić information content (AvgIpc) is 2.56. The molecule has 7 nitrogen and oxygen atoms in total. The van der Waals surface area contributed by atoms with Gasteiger partial charge in [0.1, 0.15) is 0 Å². The SMILES string of the molecule is CC(C)OP(=O)([O-])OCCCCNC(=O)Cc1cnc2ccccc2c1. The largest absolute Gasteiger partial charge is 0.756 e. The van der Waals surface area contributed by atoms with Gasteiger partial charge in [-0.3, -0.25) is 14.3 Å². The van der Waals surface area contributed by atoms with E-state index < -0.39 is 13.9 Å². The highest BCUT2D eigenvalue weighted by molar-refractivity contribution is 7.45. The Morgan fingerprint density at radius 2 is 2.08 bits per heavy atom. The van der Waals surface area contributed by atoms with Crippen molar-refractivity contribution in [1.29, 1.82) is 0 Å². The van der Waals surface area contributed by atoms with Gasteiger partial charge in [-0.2, -0.15) is 0 Å². The van der Waals surface area contributed by atoms with Crippen molar-refractivity contribution in [3.8, 4) is 0 Å². The summed E-state index contributed by atoms with van der Waals surface area (Å²) in [7, 11) is -4.23. The van der Waals surface area contributed by atoms with E-state index in [0.717, 1.165) is 16.5 Å². The van der Waals surface area contributed by atoms with Crippen LogP contribution in [0.3, 0.4) is 0 Å². The zero-order valence-corrected chi connectivity index (χ0v) is 15.9. The van der Waals surface area contributed by atoms with Crippen LogP contribution in [0.2, 0.25) is 0 Å². The van der Waals surface area contributed by atoms with E-state index in [9.17, 15) is 14.3 Å². The second kappa shape index (κ2) is 9.78. The highest BCUT2D eigenvalue weighted by Gasteiger charge is 2.11. The number of unbranched alkanes of at least 4 members (excludes halogenated alkanes) is 1. The Morgan fingerprint density at radius 1 is 1.31 bits per heavy atom. The minimum Gasteiger partial charge on any atom is -0.756 e. The number of amides is 1.